The highest BCUT2D eigenvalue weighted by molar-refractivity contribution is 5.27. The molecule has 1 saturated heterocycles. The van der Waals surface area contributed by atoms with Gasteiger partial charge >= 0.3 is 5.69 Å². The number of anilines is 1. The molecule has 1 fully saturated rings. The lowest BCUT2D eigenvalue weighted by molar-refractivity contribution is -0.0325. The van der Waals surface area contributed by atoms with Crippen molar-refractivity contribution in [1.82, 2.24) is 9.55 Å². The Kier molecular flexibility index (Phi) is 3.58. The first kappa shape index (κ1) is 13.6. The maximum atomic E-state index is 13.7. The van der Waals surface area contributed by atoms with E-state index in [2.05, 4.69) is 4.98 Å². The minimum absolute atomic E-state index is 0.0777. The predicted molar refractivity (Wildman–Crippen MR) is 58.0 cm³/mol. The molecule has 1 aromatic rings. The van der Waals surface area contributed by atoms with Gasteiger partial charge in [-0.25, -0.2) is 18.0 Å². The minimum atomic E-state index is -1.94. The number of aliphatic hydroxyl groups is 1. The Balaban J connectivity index is 2.47. The number of alkyl halides is 1. The van der Waals surface area contributed by atoms with Crippen molar-refractivity contribution in [2.45, 2.75) is 18.5 Å². The van der Waals surface area contributed by atoms with Crippen LogP contribution in [0, 0.1) is 5.82 Å². The van der Waals surface area contributed by atoms with Gasteiger partial charge in [-0.1, -0.05) is 0 Å². The van der Waals surface area contributed by atoms with Crippen molar-refractivity contribution in [2.75, 3.05) is 12.3 Å². The van der Waals surface area contributed by atoms with Crippen LogP contribution < -0.4 is 11.4 Å². The van der Waals surface area contributed by atoms with Crippen LogP contribution in [0.4, 0.5) is 19.0 Å². The molecule has 104 valence electrons. The molecule has 1 aromatic heterocycles. The van der Waals surface area contributed by atoms with E-state index >= 15 is 0 Å². The number of hydrogen-bond donors (Lipinski definition) is 2. The minimum Gasteiger partial charge on any atom is -0.394 e. The maximum Gasteiger partial charge on any atom is 0.352 e. The summed E-state index contributed by atoms with van der Waals surface area (Å²) in [7, 11) is 0. The Morgan fingerprint density at radius 1 is 1.63 bits per heavy atom. The third-order valence-corrected chi connectivity index (χ3v) is 2.73. The third kappa shape index (κ3) is 2.22. The fourth-order valence-corrected chi connectivity index (χ4v) is 1.77. The Bertz CT molecular complexity index is 575. The van der Waals surface area contributed by atoms with E-state index in [-0.39, 0.29) is 6.33 Å². The molecule has 0 radical (unpaired) electrons. The number of nitrogen functional groups attached to an aromatic ring is 1. The number of aromatic nitrogens is 2. The van der Waals surface area contributed by atoms with Crippen LogP contribution in [0.2, 0.25) is 0 Å². The van der Waals surface area contributed by atoms with Crippen LogP contribution in [0.15, 0.2) is 22.9 Å². The molecule has 0 bridgehead atoms. The average molecular weight is 277 g/mol. The van der Waals surface area contributed by atoms with Gasteiger partial charge in [-0.15, -0.1) is 0 Å². The summed E-state index contributed by atoms with van der Waals surface area (Å²) in [5.74, 6) is -1.65. The van der Waals surface area contributed by atoms with Crippen molar-refractivity contribution in [3.8, 4) is 0 Å². The normalized spacial score (nSPS) is 29.1. The molecular formula is C10H10F3N3O3. The first-order valence-electron chi connectivity index (χ1n) is 5.24. The van der Waals surface area contributed by atoms with Gasteiger partial charge in [-0.2, -0.15) is 4.98 Å². The van der Waals surface area contributed by atoms with E-state index in [9.17, 15) is 18.0 Å². The molecule has 0 amide bonds. The molecule has 19 heavy (non-hydrogen) atoms. The van der Waals surface area contributed by atoms with Crippen molar-refractivity contribution < 1.29 is 23.0 Å². The van der Waals surface area contributed by atoms with E-state index < -0.39 is 48.0 Å². The smallest absolute Gasteiger partial charge is 0.352 e. The van der Waals surface area contributed by atoms with E-state index in [1.807, 2.05) is 0 Å². The number of nitrogens with two attached hydrogens (primary N) is 1. The fourth-order valence-electron chi connectivity index (χ4n) is 1.77. The lowest BCUT2D eigenvalue weighted by atomic mass is 10.1. The van der Waals surface area contributed by atoms with Crippen LogP contribution in [-0.4, -0.2) is 33.5 Å². The molecule has 9 heteroatoms. The van der Waals surface area contributed by atoms with Gasteiger partial charge in [0.15, 0.2) is 24.0 Å². The molecule has 1 aliphatic rings. The van der Waals surface area contributed by atoms with Crippen molar-refractivity contribution in [3.63, 3.8) is 0 Å². The zero-order chi connectivity index (χ0) is 14.2. The van der Waals surface area contributed by atoms with E-state index in [0.29, 0.717) is 10.8 Å². The highest BCUT2D eigenvalue weighted by Gasteiger charge is 2.42. The van der Waals surface area contributed by atoms with Gasteiger partial charge in [0.1, 0.15) is 6.10 Å². The predicted octanol–water partition coefficient (Wildman–Crippen LogP) is 0.0458. The van der Waals surface area contributed by atoms with E-state index in [1.165, 1.54) is 0 Å². The van der Waals surface area contributed by atoms with Crippen LogP contribution in [0.3, 0.4) is 0 Å². The Labute approximate surface area is 104 Å². The Morgan fingerprint density at radius 2 is 2.32 bits per heavy atom. The second-order valence-corrected chi connectivity index (χ2v) is 3.88. The maximum absolute atomic E-state index is 13.7. The molecule has 3 N–H and O–H groups in total. The van der Waals surface area contributed by atoms with Crippen molar-refractivity contribution in [3.05, 3.63) is 34.4 Å². The molecule has 2 heterocycles. The number of halogens is 3. The van der Waals surface area contributed by atoms with Gasteiger partial charge in [-0.05, 0) is 0 Å². The summed E-state index contributed by atoms with van der Waals surface area (Å²) >= 11 is 0. The second-order valence-electron chi connectivity index (χ2n) is 3.88. The fraction of sp³-hybridized carbons (Fsp3) is 0.400. The summed E-state index contributed by atoms with van der Waals surface area (Å²) in [4.78, 5) is 14.7. The molecule has 0 aliphatic carbocycles. The average Bonchev–Trinajstić information content (AvgIpc) is 2.70. The van der Waals surface area contributed by atoms with Crippen molar-refractivity contribution in [1.29, 1.82) is 0 Å². The number of rotatable bonds is 2. The first-order valence-corrected chi connectivity index (χ1v) is 5.24. The molecule has 0 saturated carbocycles. The highest BCUT2D eigenvalue weighted by Crippen LogP contribution is 2.35. The summed E-state index contributed by atoms with van der Waals surface area (Å²) in [5, 5.41) is 8.87. The topological polar surface area (TPSA) is 90.4 Å². The number of hydrogen-bond acceptors (Lipinski definition) is 5. The summed E-state index contributed by atoms with van der Waals surface area (Å²) in [6, 6.07) is 0. The summed E-state index contributed by atoms with van der Waals surface area (Å²) in [5.41, 5.74) is 3.54. The standard InChI is InChI=1S/C10H10F3N3O3/c11-1-4-7(13)6(3-17)19-9(4)16-2-5(12)8(14)15-10(16)18/h1-2,6-7,9,17H,3H2,(H2,14,15,18). The van der Waals surface area contributed by atoms with Crippen LogP contribution in [0.25, 0.3) is 0 Å². The summed E-state index contributed by atoms with van der Waals surface area (Å²) in [6.07, 6.45) is -4.21. The van der Waals surface area contributed by atoms with E-state index in [4.69, 9.17) is 15.6 Å². The number of ether oxygens (including phenoxy) is 1. The largest absolute Gasteiger partial charge is 0.394 e. The van der Waals surface area contributed by atoms with E-state index in [0.717, 1.165) is 0 Å². The lowest BCUT2D eigenvalue weighted by Crippen LogP contribution is -2.29. The molecule has 0 spiro atoms. The number of aliphatic hydroxyl groups excluding tert-OH is 1. The molecule has 1 aliphatic heterocycles. The second kappa shape index (κ2) is 5.02. The highest BCUT2D eigenvalue weighted by atomic mass is 19.1. The molecule has 2 rings (SSSR count). The molecule has 6 nitrogen and oxygen atoms in total. The monoisotopic (exact) mass is 277 g/mol. The van der Waals surface area contributed by atoms with Gasteiger partial charge < -0.3 is 15.6 Å². The molecule has 3 atom stereocenters. The van der Waals surface area contributed by atoms with Gasteiger partial charge in [0.25, 0.3) is 0 Å². The van der Waals surface area contributed by atoms with Crippen LogP contribution in [0.5, 0.6) is 0 Å². The van der Waals surface area contributed by atoms with Crippen LogP contribution >= 0.6 is 0 Å². The van der Waals surface area contributed by atoms with Gasteiger partial charge in [-0.3, -0.25) is 4.57 Å². The van der Waals surface area contributed by atoms with E-state index in [1.54, 1.807) is 0 Å². The zero-order valence-electron chi connectivity index (χ0n) is 9.46. The summed E-state index contributed by atoms with van der Waals surface area (Å²) in [6.45, 7) is -0.714. The molecule has 3 unspecified atom stereocenters. The first-order chi connectivity index (χ1) is 8.99. The van der Waals surface area contributed by atoms with Gasteiger partial charge in [0, 0.05) is 5.57 Å². The van der Waals surface area contributed by atoms with Gasteiger partial charge in [0.2, 0.25) is 0 Å². The SMILES string of the molecule is Nc1nc(=O)n(C2OC(CO)C(F)C2=CF)cc1F. The lowest BCUT2D eigenvalue weighted by Gasteiger charge is -2.14. The zero-order valence-corrected chi connectivity index (χ0v) is 9.46. The number of nitrogens with zero attached hydrogens (tertiary/aromatic N) is 2. The van der Waals surface area contributed by atoms with Crippen molar-refractivity contribution >= 4 is 5.82 Å². The van der Waals surface area contributed by atoms with Crippen LogP contribution in [0.1, 0.15) is 6.23 Å². The molecular weight excluding hydrogens is 267 g/mol. The Morgan fingerprint density at radius 3 is 2.89 bits per heavy atom. The molecule has 0 aromatic carbocycles. The third-order valence-electron chi connectivity index (χ3n) is 2.73. The van der Waals surface area contributed by atoms with Gasteiger partial charge in [0.05, 0.1) is 19.1 Å². The Hall–Kier alpha value is -1.87. The van der Waals surface area contributed by atoms with Crippen LogP contribution in [-0.2, 0) is 4.74 Å². The quantitative estimate of drug-likeness (QED) is 0.797. The summed E-state index contributed by atoms with van der Waals surface area (Å²) < 4.78 is 45.1. The van der Waals surface area contributed by atoms with Crippen molar-refractivity contribution in [2.24, 2.45) is 0 Å².